The van der Waals surface area contributed by atoms with Gasteiger partial charge in [-0.25, -0.2) is 14.8 Å². The predicted molar refractivity (Wildman–Crippen MR) is 122 cm³/mol. The molecule has 8 nitrogen and oxygen atoms in total. The second-order valence-electron chi connectivity index (χ2n) is 8.19. The quantitative estimate of drug-likeness (QED) is 0.580. The lowest BCUT2D eigenvalue weighted by atomic mass is 10.2. The van der Waals surface area contributed by atoms with E-state index in [-0.39, 0.29) is 0 Å². The fourth-order valence-corrected chi connectivity index (χ4v) is 3.57. The number of anilines is 2. The van der Waals surface area contributed by atoms with Crippen molar-refractivity contribution in [3.05, 3.63) is 54.4 Å². The molecule has 0 radical (unpaired) electrons. The van der Waals surface area contributed by atoms with Gasteiger partial charge in [-0.1, -0.05) is 18.2 Å². The number of benzene rings is 1. The van der Waals surface area contributed by atoms with Crippen LogP contribution in [-0.2, 0) is 11.3 Å². The lowest BCUT2D eigenvalue weighted by Gasteiger charge is -2.35. The normalized spacial score (nSPS) is 16.6. The summed E-state index contributed by atoms with van der Waals surface area (Å²) in [6.45, 7) is 4.84. The van der Waals surface area contributed by atoms with Crippen LogP contribution >= 0.6 is 0 Å². The number of pyridine rings is 1. The Morgan fingerprint density at radius 1 is 1.00 bits per heavy atom. The van der Waals surface area contributed by atoms with E-state index < -0.39 is 12.1 Å². The Labute approximate surface area is 194 Å². The number of hydrogen-bond donors (Lipinski definition) is 2. The average Bonchev–Trinajstić information content (AvgIpc) is 3.64. The van der Waals surface area contributed by atoms with Gasteiger partial charge in [0.25, 0.3) is 0 Å². The van der Waals surface area contributed by atoms with Gasteiger partial charge in [0.2, 0.25) is 0 Å². The van der Waals surface area contributed by atoms with Crippen molar-refractivity contribution in [3.63, 3.8) is 0 Å². The van der Waals surface area contributed by atoms with E-state index >= 15 is 0 Å². The molecular weight excluding hydrogens is 449 g/mol. The Balaban J connectivity index is 0.000000344. The van der Waals surface area contributed by atoms with Gasteiger partial charge in [0.05, 0.1) is 16.7 Å². The molecule has 3 aromatic rings. The van der Waals surface area contributed by atoms with Crippen LogP contribution in [0.5, 0.6) is 0 Å². The number of nitrogens with zero attached hydrogens (tertiary/aromatic N) is 5. The number of hydrogen-bond acceptors (Lipinski definition) is 7. The van der Waals surface area contributed by atoms with E-state index in [4.69, 9.17) is 19.9 Å². The monoisotopic (exact) mass is 474 g/mol. The number of fused-ring (bicyclic) bond motifs is 1. The Morgan fingerprint density at radius 3 is 2.18 bits per heavy atom. The molecule has 3 heterocycles. The van der Waals surface area contributed by atoms with Crippen LogP contribution in [0, 0.1) is 0 Å². The lowest BCUT2D eigenvalue weighted by Crippen LogP contribution is -2.46. The number of piperazine rings is 1. The first-order valence-electron chi connectivity index (χ1n) is 11.0. The number of rotatable bonds is 5. The molecule has 2 N–H and O–H groups in total. The van der Waals surface area contributed by atoms with Crippen molar-refractivity contribution in [2.45, 2.75) is 31.6 Å². The smallest absolute Gasteiger partial charge is 0.475 e. The first-order valence-corrected chi connectivity index (χ1v) is 11.0. The fourth-order valence-electron chi connectivity index (χ4n) is 3.57. The van der Waals surface area contributed by atoms with Gasteiger partial charge < -0.3 is 15.3 Å². The summed E-state index contributed by atoms with van der Waals surface area (Å²) in [7, 11) is 0. The fraction of sp³-hybridized carbons (Fsp3) is 0.391. The topological polar surface area (TPSA) is 94.5 Å². The number of carbonyl (C=O) groups is 1. The second kappa shape index (κ2) is 10.2. The third kappa shape index (κ3) is 6.31. The van der Waals surface area contributed by atoms with Crippen molar-refractivity contribution >= 4 is 28.6 Å². The maximum absolute atomic E-state index is 10.6. The minimum absolute atomic E-state index is 0.560. The molecule has 34 heavy (non-hydrogen) atoms. The molecular formula is C23H25F3N6O2. The van der Waals surface area contributed by atoms with Crippen LogP contribution < -0.4 is 10.2 Å². The predicted octanol–water partition coefficient (Wildman–Crippen LogP) is 3.55. The molecule has 11 heteroatoms. The molecule has 2 fully saturated rings. The summed E-state index contributed by atoms with van der Waals surface area (Å²) in [6, 6.07) is 14.8. The molecule has 180 valence electrons. The summed E-state index contributed by atoms with van der Waals surface area (Å²) in [5.41, 5.74) is 3.05. The van der Waals surface area contributed by atoms with Crippen LogP contribution in [0.25, 0.3) is 11.0 Å². The van der Waals surface area contributed by atoms with E-state index in [1.165, 1.54) is 12.8 Å². The molecule has 1 aliphatic heterocycles. The van der Waals surface area contributed by atoms with Crippen LogP contribution in [0.2, 0.25) is 0 Å². The number of alkyl halides is 3. The van der Waals surface area contributed by atoms with Gasteiger partial charge in [0.15, 0.2) is 11.6 Å². The van der Waals surface area contributed by atoms with E-state index in [0.29, 0.717) is 6.04 Å². The molecule has 5 rings (SSSR count). The van der Waals surface area contributed by atoms with E-state index in [1.807, 2.05) is 36.5 Å². The lowest BCUT2D eigenvalue weighted by molar-refractivity contribution is -0.192. The van der Waals surface area contributed by atoms with Crippen molar-refractivity contribution < 1.29 is 23.1 Å². The van der Waals surface area contributed by atoms with Gasteiger partial charge in [-0.05, 0) is 37.1 Å². The standard InChI is InChI=1S/C21H24N6.C2HF3O2/c1-2-7-19-18(6-1)24-20(23-16-8-9-16)21(25-19)27-13-11-26(12-14-27)15-17-5-3-4-10-22-17;3-2(4,5)1(6)7/h1-7,10,16H,8-9,11-15H2,(H,23,24);(H,6,7). The Bertz CT molecular complexity index is 1120. The molecule has 0 atom stereocenters. The summed E-state index contributed by atoms with van der Waals surface area (Å²) < 4.78 is 31.7. The van der Waals surface area contributed by atoms with E-state index in [9.17, 15) is 13.2 Å². The zero-order valence-corrected chi connectivity index (χ0v) is 18.4. The van der Waals surface area contributed by atoms with Gasteiger partial charge >= 0.3 is 12.1 Å². The second-order valence-corrected chi connectivity index (χ2v) is 8.19. The maximum Gasteiger partial charge on any atom is 0.490 e. The molecule has 0 bridgehead atoms. The highest BCUT2D eigenvalue weighted by atomic mass is 19.4. The van der Waals surface area contributed by atoms with E-state index in [1.54, 1.807) is 0 Å². The number of aromatic nitrogens is 3. The molecule has 0 amide bonds. The first kappa shape index (κ1) is 23.7. The van der Waals surface area contributed by atoms with Crippen LogP contribution in [0.15, 0.2) is 48.7 Å². The maximum atomic E-state index is 10.6. The van der Waals surface area contributed by atoms with Crippen LogP contribution in [0.1, 0.15) is 18.5 Å². The summed E-state index contributed by atoms with van der Waals surface area (Å²) in [5, 5.41) is 10.7. The molecule has 0 unspecified atom stereocenters. The average molecular weight is 474 g/mol. The highest BCUT2D eigenvalue weighted by Crippen LogP contribution is 2.31. The van der Waals surface area contributed by atoms with E-state index in [0.717, 1.165) is 61.1 Å². The number of aliphatic carboxylic acids is 1. The van der Waals surface area contributed by atoms with Gasteiger partial charge in [0.1, 0.15) is 0 Å². The summed E-state index contributed by atoms with van der Waals surface area (Å²) >= 11 is 0. The van der Waals surface area contributed by atoms with Crippen molar-refractivity contribution in [2.75, 3.05) is 36.4 Å². The van der Waals surface area contributed by atoms with Crippen LogP contribution in [0.4, 0.5) is 24.8 Å². The molecule has 0 spiro atoms. The summed E-state index contributed by atoms with van der Waals surface area (Å²) in [4.78, 5) is 28.0. The van der Waals surface area contributed by atoms with Gasteiger partial charge in [-0.3, -0.25) is 9.88 Å². The zero-order chi connectivity index (χ0) is 24.1. The van der Waals surface area contributed by atoms with Crippen molar-refractivity contribution in [1.29, 1.82) is 0 Å². The summed E-state index contributed by atoms with van der Waals surface area (Å²) in [5.74, 6) is -0.819. The largest absolute Gasteiger partial charge is 0.490 e. The Morgan fingerprint density at radius 2 is 1.62 bits per heavy atom. The van der Waals surface area contributed by atoms with Crippen LogP contribution in [0.3, 0.4) is 0 Å². The first-order chi connectivity index (χ1) is 16.3. The highest BCUT2D eigenvalue weighted by Gasteiger charge is 2.38. The SMILES string of the molecule is O=C(O)C(F)(F)F.c1ccc(CN2CCN(c3nc4ccccc4nc3NC3CC3)CC2)nc1. The Kier molecular flexibility index (Phi) is 7.11. The number of nitrogens with one attached hydrogen (secondary N) is 1. The molecule has 1 aromatic carbocycles. The Hall–Kier alpha value is -3.47. The third-order valence-corrected chi connectivity index (χ3v) is 5.50. The molecule has 1 aliphatic carbocycles. The van der Waals surface area contributed by atoms with Crippen molar-refractivity contribution in [1.82, 2.24) is 19.9 Å². The van der Waals surface area contributed by atoms with Gasteiger partial charge in [0, 0.05) is 45.0 Å². The minimum Gasteiger partial charge on any atom is -0.475 e. The van der Waals surface area contributed by atoms with Crippen molar-refractivity contribution in [3.8, 4) is 0 Å². The number of halogens is 3. The van der Waals surface area contributed by atoms with Gasteiger partial charge in [-0.2, -0.15) is 13.2 Å². The molecule has 2 aliphatic rings. The number of carboxylic acid groups (broad SMARTS) is 1. The molecule has 1 saturated heterocycles. The molecule has 1 saturated carbocycles. The van der Waals surface area contributed by atoms with Crippen molar-refractivity contribution in [2.24, 2.45) is 0 Å². The van der Waals surface area contributed by atoms with E-state index in [2.05, 4.69) is 32.2 Å². The zero-order valence-electron chi connectivity index (χ0n) is 18.4. The highest BCUT2D eigenvalue weighted by molar-refractivity contribution is 5.80. The number of carboxylic acids is 1. The number of para-hydroxylation sites is 2. The van der Waals surface area contributed by atoms with Gasteiger partial charge in [-0.15, -0.1) is 0 Å². The minimum atomic E-state index is -5.08. The summed E-state index contributed by atoms with van der Waals surface area (Å²) in [6.07, 6.45) is -0.760. The van der Waals surface area contributed by atoms with Crippen LogP contribution in [-0.4, -0.2) is 69.3 Å². The third-order valence-electron chi connectivity index (χ3n) is 5.50. The molecule has 2 aromatic heterocycles.